The van der Waals surface area contributed by atoms with Crippen LogP contribution in [-0.4, -0.2) is 21.7 Å². The third-order valence-electron chi connectivity index (χ3n) is 2.55. The summed E-state index contributed by atoms with van der Waals surface area (Å²) in [6.45, 7) is 7.36. The fourth-order valence-electron chi connectivity index (χ4n) is 1.73. The lowest BCUT2D eigenvalue weighted by atomic mass is 10.2. The Morgan fingerprint density at radius 3 is 2.68 bits per heavy atom. The number of hydrogen-bond acceptors (Lipinski definition) is 3. The molecule has 1 amide bonds. The van der Waals surface area contributed by atoms with Crippen LogP contribution in [0.5, 0.6) is 0 Å². The highest BCUT2D eigenvalue weighted by atomic mass is 16.6. The number of fused-ring (bicyclic) bond motifs is 1. The number of ether oxygens (including phenoxy) is 1. The van der Waals surface area contributed by atoms with Crippen molar-refractivity contribution in [1.82, 2.24) is 15.3 Å². The van der Waals surface area contributed by atoms with E-state index in [-0.39, 0.29) is 6.04 Å². The molecule has 1 unspecified atom stereocenters. The summed E-state index contributed by atoms with van der Waals surface area (Å²) in [6, 6.07) is 7.51. The van der Waals surface area contributed by atoms with Gasteiger partial charge >= 0.3 is 6.09 Å². The van der Waals surface area contributed by atoms with E-state index >= 15 is 0 Å². The highest BCUT2D eigenvalue weighted by molar-refractivity contribution is 5.75. The molecule has 0 fully saturated rings. The van der Waals surface area contributed by atoms with Crippen LogP contribution in [-0.2, 0) is 4.74 Å². The molecule has 5 heteroatoms. The van der Waals surface area contributed by atoms with E-state index in [1.54, 1.807) is 0 Å². The molecule has 2 aromatic rings. The van der Waals surface area contributed by atoms with Gasteiger partial charge in [-0.15, -0.1) is 0 Å². The van der Waals surface area contributed by atoms with Gasteiger partial charge in [0.25, 0.3) is 0 Å². The van der Waals surface area contributed by atoms with Crippen molar-refractivity contribution >= 4 is 17.1 Å². The number of amides is 1. The molecule has 1 heterocycles. The van der Waals surface area contributed by atoms with Gasteiger partial charge in [-0.1, -0.05) is 12.1 Å². The number of carbonyl (C=O) groups is 1. The molecule has 19 heavy (non-hydrogen) atoms. The fourth-order valence-corrected chi connectivity index (χ4v) is 1.73. The van der Waals surface area contributed by atoms with E-state index in [0.29, 0.717) is 5.82 Å². The van der Waals surface area contributed by atoms with Gasteiger partial charge in [0.2, 0.25) is 0 Å². The number of imidazole rings is 1. The normalized spacial score (nSPS) is 13.3. The van der Waals surface area contributed by atoms with Crippen molar-refractivity contribution in [2.24, 2.45) is 0 Å². The molecule has 2 rings (SSSR count). The zero-order chi connectivity index (χ0) is 14.0. The van der Waals surface area contributed by atoms with Crippen LogP contribution in [0.4, 0.5) is 4.79 Å². The third kappa shape index (κ3) is 3.47. The summed E-state index contributed by atoms with van der Waals surface area (Å²) in [5.41, 5.74) is 1.34. The lowest BCUT2D eigenvalue weighted by Gasteiger charge is -2.21. The Kier molecular flexibility index (Phi) is 3.46. The van der Waals surface area contributed by atoms with Crippen molar-refractivity contribution in [2.75, 3.05) is 0 Å². The van der Waals surface area contributed by atoms with Gasteiger partial charge in [-0.05, 0) is 39.8 Å². The van der Waals surface area contributed by atoms with Crippen LogP contribution in [0.15, 0.2) is 24.3 Å². The summed E-state index contributed by atoms with van der Waals surface area (Å²) in [6.07, 6.45) is -0.444. The average molecular weight is 261 g/mol. The Morgan fingerprint density at radius 1 is 1.37 bits per heavy atom. The third-order valence-corrected chi connectivity index (χ3v) is 2.55. The monoisotopic (exact) mass is 261 g/mol. The first-order chi connectivity index (χ1) is 8.85. The minimum absolute atomic E-state index is 0.234. The molecule has 0 aliphatic carbocycles. The van der Waals surface area contributed by atoms with Crippen molar-refractivity contribution in [2.45, 2.75) is 39.3 Å². The molecule has 1 atom stereocenters. The Balaban J connectivity index is 2.07. The molecule has 0 spiro atoms. The van der Waals surface area contributed by atoms with Gasteiger partial charge in [0.1, 0.15) is 11.4 Å². The predicted molar refractivity (Wildman–Crippen MR) is 73.9 cm³/mol. The molecule has 0 saturated carbocycles. The molecule has 5 nitrogen and oxygen atoms in total. The fraction of sp³-hybridized carbons (Fsp3) is 0.429. The topological polar surface area (TPSA) is 67.0 Å². The predicted octanol–water partition coefficient (Wildman–Crippen LogP) is 3.15. The first kappa shape index (κ1) is 13.4. The first-order valence-electron chi connectivity index (χ1n) is 6.29. The summed E-state index contributed by atoms with van der Waals surface area (Å²) in [7, 11) is 0. The Morgan fingerprint density at radius 2 is 2.05 bits per heavy atom. The van der Waals surface area contributed by atoms with Crippen LogP contribution in [0.2, 0.25) is 0 Å². The largest absolute Gasteiger partial charge is 0.444 e. The maximum Gasteiger partial charge on any atom is 0.408 e. The SMILES string of the molecule is CC(NC(=O)OC(C)(C)C)c1nc2ccccc2[nH]1. The maximum absolute atomic E-state index is 11.7. The molecular weight excluding hydrogens is 242 g/mol. The lowest BCUT2D eigenvalue weighted by Crippen LogP contribution is -2.34. The molecule has 1 aromatic heterocycles. The Bertz CT molecular complexity index is 551. The molecule has 0 radical (unpaired) electrons. The number of carbonyl (C=O) groups excluding carboxylic acids is 1. The standard InChI is InChI=1S/C14H19N3O2/c1-9(15-13(18)19-14(2,3)4)12-16-10-7-5-6-8-11(10)17-12/h5-9H,1-4H3,(H,15,18)(H,16,17). The van der Waals surface area contributed by atoms with Gasteiger partial charge in [0.05, 0.1) is 17.1 Å². The lowest BCUT2D eigenvalue weighted by molar-refractivity contribution is 0.0506. The van der Waals surface area contributed by atoms with Crippen LogP contribution in [0.3, 0.4) is 0 Å². The van der Waals surface area contributed by atoms with Gasteiger partial charge in [-0.3, -0.25) is 0 Å². The van der Waals surface area contributed by atoms with Crippen molar-refractivity contribution in [3.8, 4) is 0 Å². The second-order valence-electron chi connectivity index (χ2n) is 5.51. The quantitative estimate of drug-likeness (QED) is 0.872. The van der Waals surface area contributed by atoms with Crippen molar-refractivity contribution in [3.63, 3.8) is 0 Å². The Hall–Kier alpha value is -2.04. The molecule has 2 N–H and O–H groups in total. The van der Waals surface area contributed by atoms with E-state index in [0.717, 1.165) is 11.0 Å². The molecule has 0 aliphatic rings. The van der Waals surface area contributed by atoms with Crippen LogP contribution >= 0.6 is 0 Å². The first-order valence-corrected chi connectivity index (χ1v) is 6.29. The number of hydrogen-bond donors (Lipinski definition) is 2. The molecular formula is C14H19N3O2. The Labute approximate surface area is 112 Å². The number of aromatic amines is 1. The van der Waals surface area contributed by atoms with E-state index in [1.165, 1.54) is 0 Å². The minimum atomic E-state index is -0.502. The second kappa shape index (κ2) is 4.91. The molecule has 0 saturated heterocycles. The number of nitrogens with zero attached hydrogens (tertiary/aromatic N) is 1. The molecule has 102 valence electrons. The number of rotatable bonds is 2. The number of alkyl carbamates (subject to hydrolysis) is 1. The summed E-state index contributed by atoms with van der Waals surface area (Å²) in [5.74, 6) is 0.715. The molecule has 1 aromatic carbocycles. The number of aromatic nitrogens is 2. The zero-order valence-corrected chi connectivity index (χ0v) is 11.7. The van der Waals surface area contributed by atoms with Gasteiger partial charge in [0, 0.05) is 0 Å². The zero-order valence-electron chi connectivity index (χ0n) is 11.7. The molecule has 0 bridgehead atoms. The number of benzene rings is 1. The molecule has 0 aliphatic heterocycles. The van der Waals surface area contributed by atoms with Crippen molar-refractivity contribution in [3.05, 3.63) is 30.1 Å². The number of H-pyrrole nitrogens is 1. The highest BCUT2D eigenvalue weighted by Gasteiger charge is 2.19. The number of nitrogens with one attached hydrogen (secondary N) is 2. The van der Waals surface area contributed by atoms with Gasteiger partial charge < -0.3 is 15.0 Å². The van der Waals surface area contributed by atoms with Gasteiger partial charge in [0.15, 0.2) is 0 Å². The second-order valence-corrected chi connectivity index (χ2v) is 5.51. The van der Waals surface area contributed by atoms with Crippen molar-refractivity contribution < 1.29 is 9.53 Å². The van der Waals surface area contributed by atoms with E-state index in [2.05, 4.69) is 15.3 Å². The van der Waals surface area contributed by atoms with Crippen LogP contribution in [0.1, 0.15) is 39.6 Å². The summed E-state index contributed by atoms with van der Waals surface area (Å²) in [5, 5.41) is 2.76. The minimum Gasteiger partial charge on any atom is -0.444 e. The maximum atomic E-state index is 11.7. The summed E-state index contributed by atoms with van der Waals surface area (Å²) in [4.78, 5) is 19.3. The van der Waals surface area contributed by atoms with Crippen LogP contribution < -0.4 is 5.32 Å². The highest BCUT2D eigenvalue weighted by Crippen LogP contribution is 2.16. The van der Waals surface area contributed by atoms with Gasteiger partial charge in [-0.25, -0.2) is 9.78 Å². The van der Waals surface area contributed by atoms with Crippen LogP contribution in [0.25, 0.3) is 11.0 Å². The van der Waals surface area contributed by atoms with E-state index in [4.69, 9.17) is 4.74 Å². The smallest absolute Gasteiger partial charge is 0.408 e. The summed E-state index contributed by atoms with van der Waals surface area (Å²) >= 11 is 0. The summed E-state index contributed by atoms with van der Waals surface area (Å²) < 4.78 is 5.21. The van der Waals surface area contributed by atoms with E-state index < -0.39 is 11.7 Å². The van der Waals surface area contributed by atoms with E-state index in [1.807, 2.05) is 52.0 Å². The van der Waals surface area contributed by atoms with Gasteiger partial charge in [-0.2, -0.15) is 0 Å². The average Bonchev–Trinajstić information content (AvgIpc) is 2.69. The van der Waals surface area contributed by atoms with Crippen LogP contribution in [0, 0.1) is 0 Å². The van der Waals surface area contributed by atoms with Crippen molar-refractivity contribution in [1.29, 1.82) is 0 Å². The number of para-hydroxylation sites is 2. The van der Waals surface area contributed by atoms with E-state index in [9.17, 15) is 4.79 Å².